The highest BCUT2D eigenvalue weighted by Crippen LogP contribution is 2.21. The lowest BCUT2D eigenvalue weighted by molar-refractivity contribution is -0.142. The van der Waals surface area contributed by atoms with Crippen LogP contribution in [0.1, 0.15) is 97.1 Å². The van der Waals surface area contributed by atoms with Crippen molar-refractivity contribution in [1.82, 2.24) is 31.9 Å². The summed E-state index contributed by atoms with van der Waals surface area (Å²) in [6, 6.07) is -0.664. The van der Waals surface area contributed by atoms with E-state index in [4.69, 9.17) is 9.76 Å². The summed E-state index contributed by atoms with van der Waals surface area (Å²) >= 11 is 3.27. The Morgan fingerprint density at radius 1 is 0.677 bits per heavy atom. The molecule has 1 unspecified atom stereocenters. The molecule has 23 heteroatoms. The zero-order chi connectivity index (χ0) is 47.3. The Labute approximate surface area is 368 Å². The molecule has 0 heterocycles. The van der Waals surface area contributed by atoms with Crippen molar-refractivity contribution in [1.29, 1.82) is 0 Å². The predicted octanol–water partition coefficient (Wildman–Crippen LogP) is -0.138. The van der Waals surface area contributed by atoms with Gasteiger partial charge in [-0.3, -0.25) is 43.2 Å². The van der Waals surface area contributed by atoms with Gasteiger partial charge in [-0.05, 0) is 55.1 Å². The topological polar surface area (TPSA) is 336 Å². The summed E-state index contributed by atoms with van der Waals surface area (Å²) in [6.45, 7) is 10.3. The van der Waals surface area contributed by atoms with Gasteiger partial charge in [0.25, 0.3) is 0 Å². The molecule has 62 heavy (non-hydrogen) atoms. The highest BCUT2D eigenvalue weighted by Gasteiger charge is 2.38. The lowest BCUT2D eigenvalue weighted by Crippen LogP contribution is -2.62. The number of aliphatic carboxylic acids is 3. The minimum absolute atomic E-state index is 0.129. The van der Waals surface area contributed by atoms with Crippen molar-refractivity contribution in [3.63, 3.8) is 0 Å². The van der Waals surface area contributed by atoms with Crippen LogP contribution in [0, 0.1) is 18.3 Å². The van der Waals surface area contributed by atoms with Gasteiger partial charge in [-0.25, -0.2) is 0 Å². The van der Waals surface area contributed by atoms with E-state index >= 15 is 0 Å². The predicted molar refractivity (Wildman–Crippen MR) is 226 cm³/mol. The Kier molecular flexibility index (Phi) is 23.9. The van der Waals surface area contributed by atoms with Crippen molar-refractivity contribution in [2.75, 3.05) is 5.33 Å². The van der Waals surface area contributed by atoms with Crippen LogP contribution in [-0.4, -0.2) is 128 Å². The van der Waals surface area contributed by atoms with Crippen LogP contribution in [0.5, 0.6) is 0 Å². The molecule has 0 fully saturated rings. The molecule has 346 valence electrons. The van der Waals surface area contributed by atoms with Crippen LogP contribution in [0.25, 0.3) is 0 Å². The fraction of sp³-hybridized carbons (Fsp3) is 0.615. The molecule has 0 bridgehead atoms. The lowest BCUT2D eigenvalue weighted by Gasteiger charge is -2.34. The maximum absolute atomic E-state index is 14.3. The molecule has 21 nitrogen and oxygen atoms in total. The molecule has 0 aliphatic heterocycles. The number of alkyl halides is 1. The number of rotatable bonds is 28. The minimum atomic E-state index is -2.19. The molecule has 6 atom stereocenters. The third-order valence-electron chi connectivity index (χ3n) is 9.14. The van der Waals surface area contributed by atoms with Crippen LogP contribution >= 0.6 is 15.9 Å². The SMILES string of the molecule is Cc1ccccc1C[C@H](NC(=O)[C@H](CCC(=O)O)NC(=O)[C@H](CC(=O)O)NC(=O)CCC(=O)O)C(=O)N[C@H](C(=O)N[C@@H](CC(C)C)C(=O)NC(CCCBr)OB(O)O)C(C)(C)C. The number of aryl methyl sites for hydroxylation is 1. The fourth-order valence-electron chi connectivity index (χ4n) is 5.94. The van der Waals surface area contributed by atoms with Crippen LogP contribution in [0.15, 0.2) is 24.3 Å². The third-order valence-corrected chi connectivity index (χ3v) is 9.70. The van der Waals surface area contributed by atoms with E-state index in [9.17, 15) is 63.4 Å². The molecule has 0 radical (unpaired) electrons. The second kappa shape index (κ2) is 27.0. The number of hydrogen-bond donors (Lipinski definition) is 11. The van der Waals surface area contributed by atoms with E-state index in [0.29, 0.717) is 22.9 Å². The van der Waals surface area contributed by atoms with Crippen molar-refractivity contribution in [2.24, 2.45) is 11.3 Å². The maximum atomic E-state index is 14.3. The van der Waals surface area contributed by atoms with Crippen LogP contribution in [0.3, 0.4) is 0 Å². The minimum Gasteiger partial charge on any atom is -0.481 e. The van der Waals surface area contributed by atoms with Gasteiger partial charge in [0.2, 0.25) is 35.4 Å². The van der Waals surface area contributed by atoms with Gasteiger partial charge in [0.15, 0.2) is 0 Å². The maximum Gasteiger partial charge on any atom is 0.635 e. The van der Waals surface area contributed by atoms with E-state index in [1.807, 2.05) is 13.8 Å². The number of amides is 6. The third kappa shape index (κ3) is 21.6. The van der Waals surface area contributed by atoms with Crippen molar-refractivity contribution < 1.29 is 73.2 Å². The largest absolute Gasteiger partial charge is 0.635 e. The molecule has 11 N–H and O–H groups in total. The summed E-state index contributed by atoms with van der Waals surface area (Å²) in [5.41, 5.74) is 0.273. The van der Waals surface area contributed by atoms with Crippen LogP contribution in [0.4, 0.5) is 0 Å². The van der Waals surface area contributed by atoms with Crippen LogP contribution in [0.2, 0.25) is 0 Å². The van der Waals surface area contributed by atoms with Gasteiger partial charge in [0, 0.05) is 24.6 Å². The molecule has 1 aromatic rings. The summed E-state index contributed by atoms with van der Waals surface area (Å²) in [6.07, 6.45) is -3.92. The molecular weight excluding hydrogens is 883 g/mol. The van der Waals surface area contributed by atoms with E-state index in [1.165, 1.54) is 0 Å². The Hall–Kier alpha value is -5.13. The number of carboxylic acid groups (broad SMARTS) is 3. The molecule has 0 saturated carbocycles. The van der Waals surface area contributed by atoms with E-state index in [2.05, 4.69) is 47.8 Å². The summed E-state index contributed by atoms with van der Waals surface area (Å²) < 4.78 is 5.02. The average Bonchev–Trinajstić information content (AvgIpc) is 3.15. The van der Waals surface area contributed by atoms with Gasteiger partial charge in [-0.1, -0.05) is 74.8 Å². The number of carbonyl (C=O) groups is 9. The first-order valence-corrected chi connectivity index (χ1v) is 21.0. The number of nitrogens with one attached hydrogen (secondary N) is 6. The molecule has 1 aromatic carbocycles. The quantitative estimate of drug-likeness (QED) is 0.0296. The molecule has 0 aromatic heterocycles. The zero-order valence-electron chi connectivity index (χ0n) is 35.7. The van der Waals surface area contributed by atoms with Gasteiger partial charge < -0.3 is 61.9 Å². The summed E-state index contributed by atoms with van der Waals surface area (Å²) in [5, 5.41) is 61.9. The molecule has 1 rings (SSSR count). The zero-order valence-corrected chi connectivity index (χ0v) is 37.3. The number of benzene rings is 1. The van der Waals surface area contributed by atoms with Gasteiger partial charge in [-0.15, -0.1) is 0 Å². The van der Waals surface area contributed by atoms with Gasteiger partial charge in [0.1, 0.15) is 36.4 Å². The molecule has 0 aliphatic carbocycles. The highest BCUT2D eigenvalue weighted by molar-refractivity contribution is 9.09. The molecular formula is C39H60BBrN6O15. The molecule has 0 saturated heterocycles. The van der Waals surface area contributed by atoms with E-state index in [1.54, 1.807) is 52.0 Å². The first-order chi connectivity index (χ1) is 28.8. The Morgan fingerprint density at radius 3 is 1.76 bits per heavy atom. The van der Waals surface area contributed by atoms with Crippen molar-refractivity contribution >= 4 is 76.6 Å². The smallest absolute Gasteiger partial charge is 0.481 e. The highest BCUT2D eigenvalue weighted by atomic mass is 79.9. The van der Waals surface area contributed by atoms with Gasteiger partial charge >= 0.3 is 25.2 Å². The van der Waals surface area contributed by atoms with Gasteiger partial charge in [0.05, 0.1) is 12.8 Å². The van der Waals surface area contributed by atoms with Crippen molar-refractivity contribution in [2.45, 2.75) is 136 Å². The average molecular weight is 944 g/mol. The van der Waals surface area contributed by atoms with Crippen molar-refractivity contribution in [3.8, 4) is 0 Å². The number of carboxylic acids is 3. The number of carbonyl (C=O) groups excluding carboxylic acids is 6. The Bertz CT molecular complexity index is 1730. The van der Waals surface area contributed by atoms with Crippen LogP contribution < -0.4 is 31.9 Å². The summed E-state index contributed by atoms with van der Waals surface area (Å²) in [7, 11) is -2.19. The Balaban J connectivity index is 3.56. The van der Waals surface area contributed by atoms with E-state index < -0.39 is 135 Å². The summed E-state index contributed by atoms with van der Waals surface area (Å²) in [5.74, 6) is -10.00. The van der Waals surface area contributed by atoms with Crippen molar-refractivity contribution in [3.05, 3.63) is 35.4 Å². The first kappa shape index (κ1) is 54.9. The fourth-order valence-corrected chi connectivity index (χ4v) is 6.26. The summed E-state index contributed by atoms with van der Waals surface area (Å²) in [4.78, 5) is 116. The number of halogens is 1. The molecule has 0 aliphatic rings. The first-order valence-electron chi connectivity index (χ1n) is 19.9. The lowest BCUT2D eigenvalue weighted by atomic mass is 9.85. The number of hydrogen-bond acceptors (Lipinski definition) is 12. The second-order valence-electron chi connectivity index (χ2n) is 16.1. The Morgan fingerprint density at radius 2 is 1.23 bits per heavy atom. The molecule has 0 spiro atoms. The van der Waals surface area contributed by atoms with Crippen LogP contribution in [-0.2, 0) is 54.2 Å². The normalized spacial score (nSPS) is 14.2. The van der Waals surface area contributed by atoms with Gasteiger partial charge in [-0.2, -0.15) is 0 Å². The van der Waals surface area contributed by atoms with E-state index in [0.717, 1.165) is 0 Å². The standard InChI is InChI=1S/C39H60BBrN6O15/c1-21(2)18-25(36(57)46-29(12-9-17-41)62-40(60)61)45-38(59)33(39(4,5)6)47-37(58)26(19-23-11-8-7-10-22(23)3)44-34(55)24(13-15-30(49)50)43-35(56)27(20-32(53)54)42-28(48)14-16-31(51)52/h7-8,10-11,21,24-27,29,33,60-61H,9,12-20H2,1-6H3,(H,42,48)(H,43,56)(H,44,55)(H,45,59)(H,46,57)(H,47,58)(H,49,50)(H,51,52)(H,53,54)/t24-,25-,26-,27-,29?,33+/m0/s1. The monoisotopic (exact) mass is 942 g/mol. The molecule has 6 amide bonds. The van der Waals surface area contributed by atoms with E-state index in [-0.39, 0.29) is 25.2 Å². The second-order valence-corrected chi connectivity index (χ2v) is 16.9.